The molecule has 0 aliphatic heterocycles. The summed E-state index contributed by atoms with van der Waals surface area (Å²) in [6.07, 6.45) is 2.65. The quantitative estimate of drug-likeness (QED) is 0.890. The highest BCUT2D eigenvalue weighted by atomic mass is 32.1. The first kappa shape index (κ1) is 14.5. The fourth-order valence-electron chi connectivity index (χ4n) is 2.26. The second-order valence-corrected chi connectivity index (χ2v) is 6.85. The number of thiazole rings is 1. The third-order valence-corrected chi connectivity index (χ3v) is 4.95. The Labute approximate surface area is 130 Å². The zero-order chi connectivity index (χ0) is 14.8. The minimum Gasteiger partial charge on any atom is -0.345 e. The maximum Gasteiger partial charge on any atom is 0.185 e. The van der Waals surface area contributed by atoms with Crippen molar-refractivity contribution in [1.29, 1.82) is 0 Å². The molecular weight excluding hydrogens is 280 g/mol. The van der Waals surface area contributed by atoms with E-state index >= 15 is 0 Å². The van der Waals surface area contributed by atoms with Gasteiger partial charge in [0.2, 0.25) is 0 Å². The molecule has 2 aromatic heterocycles. The van der Waals surface area contributed by atoms with Crippen molar-refractivity contribution >= 4 is 16.5 Å². The standard InChI is InChI=1S/C16H22N4S/c1-11-5-4-6-14(18-11)10-20(3)16-19-12(2)15(21-16)9-17-13-7-8-13/h4-6,13,17H,7-10H2,1-3H3. The Morgan fingerprint density at radius 3 is 2.81 bits per heavy atom. The van der Waals surface area contributed by atoms with E-state index < -0.39 is 0 Å². The van der Waals surface area contributed by atoms with Crippen LogP contribution in [0.3, 0.4) is 0 Å². The van der Waals surface area contributed by atoms with Gasteiger partial charge in [0.1, 0.15) is 0 Å². The summed E-state index contributed by atoms with van der Waals surface area (Å²) in [7, 11) is 2.08. The number of rotatable bonds is 6. The van der Waals surface area contributed by atoms with Crippen molar-refractivity contribution in [3.63, 3.8) is 0 Å². The SMILES string of the molecule is Cc1cccc(CN(C)c2nc(C)c(CNC3CC3)s2)n1. The predicted molar refractivity (Wildman–Crippen MR) is 87.8 cm³/mol. The second kappa shape index (κ2) is 6.12. The molecule has 112 valence electrons. The van der Waals surface area contributed by atoms with Gasteiger partial charge in [0.05, 0.1) is 17.9 Å². The van der Waals surface area contributed by atoms with E-state index in [2.05, 4.69) is 41.3 Å². The maximum atomic E-state index is 4.70. The van der Waals surface area contributed by atoms with Gasteiger partial charge in [-0.2, -0.15) is 0 Å². The van der Waals surface area contributed by atoms with Gasteiger partial charge in [-0.15, -0.1) is 11.3 Å². The van der Waals surface area contributed by atoms with Crippen LogP contribution >= 0.6 is 11.3 Å². The van der Waals surface area contributed by atoms with Gasteiger partial charge in [0.15, 0.2) is 5.13 Å². The Morgan fingerprint density at radius 1 is 1.29 bits per heavy atom. The summed E-state index contributed by atoms with van der Waals surface area (Å²) in [6, 6.07) is 6.89. The first-order valence-electron chi connectivity index (χ1n) is 7.45. The Hall–Kier alpha value is -1.46. The smallest absolute Gasteiger partial charge is 0.185 e. The maximum absolute atomic E-state index is 4.70. The number of nitrogens with one attached hydrogen (secondary N) is 1. The summed E-state index contributed by atoms with van der Waals surface area (Å²) in [4.78, 5) is 12.8. The van der Waals surface area contributed by atoms with Crippen molar-refractivity contribution in [3.8, 4) is 0 Å². The highest BCUT2D eigenvalue weighted by molar-refractivity contribution is 7.15. The number of aryl methyl sites for hydroxylation is 2. The van der Waals surface area contributed by atoms with Crippen LogP contribution in [-0.4, -0.2) is 23.1 Å². The van der Waals surface area contributed by atoms with Crippen molar-refractivity contribution in [2.75, 3.05) is 11.9 Å². The number of hydrogen-bond donors (Lipinski definition) is 1. The van der Waals surface area contributed by atoms with E-state index in [0.717, 1.165) is 41.3 Å². The highest BCUT2D eigenvalue weighted by Gasteiger charge is 2.21. The number of nitrogens with zero attached hydrogens (tertiary/aromatic N) is 3. The molecule has 1 aliphatic carbocycles. The number of anilines is 1. The van der Waals surface area contributed by atoms with Crippen molar-refractivity contribution in [3.05, 3.63) is 40.2 Å². The van der Waals surface area contributed by atoms with Crippen LogP contribution in [0.4, 0.5) is 5.13 Å². The van der Waals surface area contributed by atoms with Crippen molar-refractivity contribution in [2.45, 2.75) is 45.8 Å². The Balaban J connectivity index is 1.66. The molecule has 1 fully saturated rings. The molecule has 0 bridgehead atoms. The van der Waals surface area contributed by atoms with Crippen LogP contribution in [0.15, 0.2) is 18.2 Å². The lowest BCUT2D eigenvalue weighted by Crippen LogP contribution is -2.17. The summed E-state index contributed by atoms with van der Waals surface area (Å²) >= 11 is 1.79. The van der Waals surface area contributed by atoms with Gasteiger partial charge in [0.25, 0.3) is 0 Å². The molecule has 2 heterocycles. The van der Waals surface area contributed by atoms with Crippen LogP contribution in [0.5, 0.6) is 0 Å². The largest absolute Gasteiger partial charge is 0.345 e. The Morgan fingerprint density at radius 2 is 2.10 bits per heavy atom. The molecule has 1 saturated carbocycles. The van der Waals surface area contributed by atoms with Crippen LogP contribution < -0.4 is 10.2 Å². The van der Waals surface area contributed by atoms with Gasteiger partial charge in [-0.25, -0.2) is 4.98 Å². The van der Waals surface area contributed by atoms with Gasteiger partial charge in [-0.1, -0.05) is 6.07 Å². The first-order valence-corrected chi connectivity index (χ1v) is 8.27. The molecule has 2 aromatic rings. The fourth-order valence-corrected chi connectivity index (χ4v) is 3.23. The molecule has 1 N–H and O–H groups in total. The van der Waals surface area contributed by atoms with Crippen molar-refractivity contribution < 1.29 is 0 Å². The first-order chi connectivity index (χ1) is 10.1. The lowest BCUT2D eigenvalue weighted by Gasteiger charge is -2.15. The van der Waals surface area contributed by atoms with Crippen molar-refractivity contribution in [1.82, 2.24) is 15.3 Å². The van der Waals surface area contributed by atoms with Gasteiger partial charge in [-0.3, -0.25) is 4.98 Å². The van der Waals surface area contributed by atoms with E-state index in [1.165, 1.54) is 17.7 Å². The highest BCUT2D eigenvalue weighted by Crippen LogP contribution is 2.27. The Kier molecular flexibility index (Phi) is 4.22. The molecule has 0 unspecified atom stereocenters. The molecule has 0 aromatic carbocycles. The monoisotopic (exact) mass is 302 g/mol. The molecule has 21 heavy (non-hydrogen) atoms. The minimum atomic E-state index is 0.740. The molecule has 3 rings (SSSR count). The fraction of sp³-hybridized carbons (Fsp3) is 0.500. The normalized spacial score (nSPS) is 14.4. The van der Waals surface area contributed by atoms with E-state index in [9.17, 15) is 0 Å². The number of hydrogen-bond acceptors (Lipinski definition) is 5. The summed E-state index contributed by atoms with van der Waals surface area (Å²) in [5, 5.41) is 4.64. The van der Waals surface area contributed by atoms with Gasteiger partial charge >= 0.3 is 0 Å². The number of aromatic nitrogens is 2. The van der Waals surface area contributed by atoms with Gasteiger partial charge in [0, 0.05) is 30.2 Å². The van der Waals surface area contributed by atoms with Crippen LogP contribution in [0.25, 0.3) is 0 Å². The summed E-state index contributed by atoms with van der Waals surface area (Å²) in [5.74, 6) is 0. The topological polar surface area (TPSA) is 41.1 Å². The van der Waals surface area contributed by atoms with Crippen LogP contribution in [0.2, 0.25) is 0 Å². The minimum absolute atomic E-state index is 0.740. The zero-order valence-electron chi connectivity index (χ0n) is 12.9. The summed E-state index contributed by atoms with van der Waals surface area (Å²) in [6.45, 7) is 5.87. The second-order valence-electron chi connectivity index (χ2n) is 5.79. The third-order valence-electron chi connectivity index (χ3n) is 3.68. The summed E-state index contributed by atoms with van der Waals surface area (Å²) in [5.41, 5.74) is 3.29. The molecule has 0 atom stereocenters. The lowest BCUT2D eigenvalue weighted by molar-refractivity contribution is 0.691. The molecule has 0 radical (unpaired) electrons. The molecule has 0 amide bonds. The van der Waals surface area contributed by atoms with Crippen molar-refractivity contribution in [2.24, 2.45) is 0 Å². The van der Waals surface area contributed by atoms with Gasteiger partial charge < -0.3 is 10.2 Å². The molecule has 0 saturated heterocycles. The molecule has 0 spiro atoms. The lowest BCUT2D eigenvalue weighted by atomic mass is 10.3. The van der Waals surface area contributed by atoms with Crippen LogP contribution in [0.1, 0.15) is 34.8 Å². The third kappa shape index (κ3) is 3.80. The van der Waals surface area contributed by atoms with Gasteiger partial charge in [-0.05, 0) is 38.8 Å². The summed E-state index contributed by atoms with van der Waals surface area (Å²) < 4.78 is 0. The molecule has 5 heteroatoms. The predicted octanol–water partition coefficient (Wildman–Crippen LogP) is 3.04. The Bertz CT molecular complexity index is 618. The van der Waals surface area contributed by atoms with E-state index in [1.54, 1.807) is 11.3 Å². The average Bonchev–Trinajstić information content (AvgIpc) is 3.19. The van der Waals surface area contributed by atoms with E-state index in [4.69, 9.17) is 4.98 Å². The van der Waals surface area contributed by atoms with Crippen LogP contribution in [0, 0.1) is 13.8 Å². The van der Waals surface area contributed by atoms with Crippen LogP contribution in [-0.2, 0) is 13.1 Å². The molecular formula is C16H22N4S. The van der Waals surface area contributed by atoms with E-state index in [0.29, 0.717) is 0 Å². The molecule has 1 aliphatic rings. The average molecular weight is 302 g/mol. The number of pyridine rings is 1. The zero-order valence-corrected chi connectivity index (χ0v) is 13.7. The van der Waals surface area contributed by atoms with E-state index in [1.807, 2.05) is 13.0 Å². The van der Waals surface area contributed by atoms with E-state index in [-0.39, 0.29) is 0 Å². The molecule has 4 nitrogen and oxygen atoms in total.